The van der Waals surface area contributed by atoms with Crippen LogP contribution in [-0.2, 0) is 18.8 Å². The molecule has 0 amide bonds. The summed E-state index contributed by atoms with van der Waals surface area (Å²) in [4.78, 5) is 11.9. The fourth-order valence-electron chi connectivity index (χ4n) is 2.71. The number of hydrogen-bond acceptors (Lipinski definition) is 5. The Kier molecular flexibility index (Phi) is 4.56. The summed E-state index contributed by atoms with van der Waals surface area (Å²) >= 11 is 0. The lowest BCUT2D eigenvalue weighted by atomic mass is 9.79. The Labute approximate surface area is 152 Å². The third kappa shape index (κ3) is 3.20. The van der Waals surface area contributed by atoms with E-state index in [9.17, 15) is 13.6 Å². The smallest absolute Gasteiger partial charge is 0.469 e. The second kappa shape index (κ2) is 6.20. The summed E-state index contributed by atoms with van der Waals surface area (Å²) in [5, 5.41) is 0. The number of ether oxygens (including phenoxy) is 2. The van der Waals surface area contributed by atoms with Gasteiger partial charge in [0.1, 0.15) is 0 Å². The lowest BCUT2D eigenvalue weighted by Crippen LogP contribution is -2.41. The number of esters is 1. The summed E-state index contributed by atoms with van der Waals surface area (Å²) in [5.41, 5.74) is -2.32. The Balaban J connectivity index is 1.83. The monoisotopic (exact) mass is 368 g/mol. The molecule has 1 saturated carbocycles. The van der Waals surface area contributed by atoms with Crippen LogP contribution in [0.4, 0.5) is 8.78 Å². The van der Waals surface area contributed by atoms with Crippen molar-refractivity contribution in [2.24, 2.45) is 0 Å². The molecule has 0 spiro atoms. The minimum absolute atomic E-state index is 0.176. The van der Waals surface area contributed by atoms with Crippen LogP contribution in [0.3, 0.4) is 0 Å². The molecule has 1 saturated heterocycles. The van der Waals surface area contributed by atoms with Gasteiger partial charge in [-0.1, -0.05) is 0 Å². The summed E-state index contributed by atoms with van der Waals surface area (Å²) in [6.45, 7) is 9.26. The normalized spacial score (nSPS) is 22.2. The molecule has 26 heavy (non-hydrogen) atoms. The van der Waals surface area contributed by atoms with E-state index in [1.807, 2.05) is 27.7 Å². The molecule has 1 aromatic carbocycles. The Bertz CT molecular complexity index is 691. The van der Waals surface area contributed by atoms with Gasteiger partial charge >= 0.3 is 13.1 Å². The van der Waals surface area contributed by atoms with E-state index < -0.39 is 47.3 Å². The third-order valence-electron chi connectivity index (χ3n) is 5.20. The molecular formula is C18H23BF2O5. The molecule has 5 nitrogen and oxygen atoms in total. The van der Waals surface area contributed by atoms with Gasteiger partial charge in [-0.05, 0) is 52.2 Å². The SMILES string of the molecule is CCOC(=O)C1(Oc2c(F)cc(B3OC(C)(C)C(C)(C)O3)cc2F)CC1. The van der Waals surface area contributed by atoms with Crippen LogP contribution in [0.5, 0.6) is 5.75 Å². The van der Waals surface area contributed by atoms with Gasteiger partial charge in [-0.15, -0.1) is 0 Å². The maximum atomic E-state index is 14.5. The van der Waals surface area contributed by atoms with Crippen LogP contribution in [0.25, 0.3) is 0 Å². The zero-order valence-electron chi connectivity index (χ0n) is 15.7. The molecule has 0 unspecified atom stereocenters. The highest BCUT2D eigenvalue weighted by molar-refractivity contribution is 6.62. The number of carbonyl (C=O) groups excluding carboxylic acids is 1. The van der Waals surface area contributed by atoms with E-state index in [2.05, 4.69) is 0 Å². The molecule has 142 valence electrons. The van der Waals surface area contributed by atoms with Gasteiger partial charge in [0.2, 0.25) is 5.60 Å². The van der Waals surface area contributed by atoms with Crippen molar-refractivity contribution < 1.29 is 32.4 Å². The van der Waals surface area contributed by atoms with Crippen LogP contribution in [0.1, 0.15) is 47.5 Å². The topological polar surface area (TPSA) is 54.0 Å². The highest BCUT2D eigenvalue weighted by atomic mass is 19.1. The van der Waals surface area contributed by atoms with Gasteiger partial charge in [-0.3, -0.25) is 0 Å². The van der Waals surface area contributed by atoms with Crippen LogP contribution in [0.15, 0.2) is 12.1 Å². The van der Waals surface area contributed by atoms with Crippen molar-refractivity contribution in [3.05, 3.63) is 23.8 Å². The number of halogens is 2. The fraction of sp³-hybridized carbons (Fsp3) is 0.611. The zero-order valence-corrected chi connectivity index (χ0v) is 15.7. The van der Waals surface area contributed by atoms with Crippen molar-refractivity contribution in [1.29, 1.82) is 0 Å². The molecule has 0 bridgehead atoms. The van der Waals surface area contributed by atoms with Crippen molar-refractivity contribution in [2.75, 3.05) is 6.61 Å². The van der Waals surface area contributed by atoms with E-state index in [0.717, 1.165) is 12.1 Å². The molecular weight excluding hydrogens is 345 g/mol. The standard InChI is InChI=1S/C18H23BF2O5/c1-6-23-15(22)18(7-8-18)24-14-12(20)9-11(10-13(14)21)19-25-16(2,3)17(4,5)26-19/h9-10H,6-8H2,1-5H3. The highest BCUT2D eigenvalue weighted by Crippen LogP contribution is 2.43. The van der Waals surface area contributed by atoms with E-state index in [-0.39, 0.29) is 12.1 Å². The van der Waals surface area contributed by atoms with Gasteiger partial charge in [0.15, 0.2) is 17.4 Å². The first kappa shape index (κ1) is 19.1. The van der Waals surface area contributed by atoms with Crippen LogP contribution < -0.4 is 10.2 Å². The summed E-state index contributed by atoms with van der Waals surface area (Å²) in [5.74, 6) is -3.01. The molecule has 0 radical (unpaired) electrons. The van der Waals surface area contributed by atoms with Gasteiger partial charge in [0.25, 0.3) is 0 Å². The summed E-state index contributed by atoms with van der Waals surface area (Å²) in [6, 6.07) is 2.23. The summed E-state index contributed by atoms with van der Waals surface area (Å²) in [7, 11) is -0.891. The molecule has 0 atom stereocenters. The van der Waals surface area contributed by atoms with Crippen LogP contribution in [0.2, 0.25) is 0 Å². The van der Waals surface area contributed by atoms with Gasteiger partial charge in [-0.25, -0.2) is 13.6 Å². The Hall–Kier alpha value is -1.67. The summed E-state index contributed by atoms with van der Waals surface area (Å²) in [6.07, 6.45) is 0.730. The van der Waals surface area contributed by atoms with Crippen LogP contribution in [0, 0.1) is 11.6 Å². The minimum atomic E-state index is -1.29. The molecule has 1 aliphatic carbocycles. The molecule has 0 aromatic heterocycles. The Morgan fingerprint density at radius 2 is 1.62 bits per heavy atom. The number of carbonyl (C=O) groups is 1. The predicted molar refractivity (Wildman–Crippen MR) is 91.3 cm³/mol. The largest absolute Gasteiger partial charge is 0.495 e. The maximum absolute atomic E-state index is 14.5. The Morgan fingerprint density at radius 1 is 1.12 bits per heavy atom. The van der Waals surface area contributed by atoms with Crippen LogP contribution in [-0.4, -0.2) is 36.5 Å². The minimum Gasteiger partial charge on any atom is -0.469 e. The number of benzene rings is 1. The predicted octanol–water partition coefficient (Wildman–Crippen LogP) is 2.74. The van der Waals surface area contributed by atoms with Gasteiger partial charge < -0.3 is 18.8 Å². The number of rotatable bonds is 5. The van der Waals surface area contributed by atoms with Gasteiger partial charge in [0, 0.05) is 12.8 Å². The molecule has 2 fully saturated rings. The van der Waals surface area contributed by atoms with Crippen LogP contribution >= 0.6 is 0 Å². The van der Waals surface area contributed by atoms with Gasteiger partial charge in [-0.2, -0.15) is 0 Å². The van der Waals surface area contributed by atoms with Crippen molar-refractivity contribution in [2.45, 2.75) is 64.3 Å². The Morgan fingerprint density at radius 3 is 2.04 bits per heavy atom. The quantitative estimate of drug-likeness (QED) is 0.591. The average molecular weight is 368 g/mol. The second-order valence-electron chi connectivity index (χ2n) is 7.72. The van der Waals surface area contributed by atoms with Crippen molar-refractivity contribution in [3.8, 4) is 5.75 Å². The zero-order chi connectivity index (χ0) is 19.3. The molecule has 3 rings (SSSR count). The number of hydrogen-bond donors (Lipinski definition) is 0. The second-order valence-corrected chi connectivity index (χ2v) is 7.72. The van der Waals surface area contributed by atoms with Crippen molar-refractivity contribution in [3.63, 3.8) is 0 Å². The molecule has 1 heterocycles. The average Bonchev–Trinajstić information content (AvgIpc) is 3.26. The molecule has 1 aromatic rings. The first-order valence-electron chi connectivity index (χ1n) is 8.72. The fourth-order valence-corrected chi connectivity index (χ4v) is 2.71. The molecule has 8 heteroatoms. The van der Waals surface area contributed by atoms with E-state index in [4.69, 9.17) is 18.8 Å². The summed E-state index contributed by atoms with van der Waals surface area (Å²) < 4.78 is 51.0. The van der Waals surface area contributed by atoms with E-state index in [0.29, 0.717) is 12.8 Å². The van der Waals surface area contributed by atoms with E-state index in [1.54, 1.807) is 6.92 Å². The molecule has 1 aliphatic heterocycles. The lowest BCUT2D eigenvalue weighted by Gasteiger charge is -2.32. The van der Waals surface area contributed by atoms with E-state index >= 15 is 0 Å². The lowest BCUT2D eigenvalue weighted by molar-refractivity contribution is -0.153. The van der Waals surface area contributed by atoms with Crippen molar-refractivity contribution >= 4 is 18.6 Å². The first-order chi connectivity index (χ1) is 12.0. The van der Waals surface area contributed by atoms with E-state index in [1.165, 1.54) is 0 Å². The molecule has 0 N–H and O–H groups in total. The highest BCUT2D eigenvalue weighted by Gasteiger charge is 2.56. The first-order valence-corrected chi connectivity index (χ1v) is 8.72. The maximum Gasteiger partial charge on any atom is 0.495 e. The molecule has 2 aliphatic rings. The third-order valence-corrected chi connectivity index (χ3v) is 5.20. The van der Waals surface area contributed by atoms with Crippen molar-refractivity contribution in [1.82, 2.24) is 0 Å². The van der Waals surface area contributed by atoms with Gasteiger partial charge in [0.05, 0.1) is 17.8 Å².